The summed E-state index contributed by atoms with van der Waals surface area (Å²) in [5.74, 6) is 0.490. The molecule has 1 aromatic carbocycles. The Morgan fingerprint density at radius 2 is 2.33 bits per heavy atom. The minimum Gasteiger partial charge on any atom is -0.488 e. The molecule has 1 heterocycles. The lowest BCUT2D eigenvalue weighted by Gasteiger charge is -2.24. The molecule has 5 heteroatoms. The summed E-state index contributed by atoms with van der Waals surface area (Å²) >= 11 is 5.93. The van der Waals surface area contributed by atoms with Crippen molar-refractivity contribution in [2.45, 2.75) is 31.9 Å². The second-order valence-corrected chi connectivity index (χ2v) is 5.50. The summed E-state index contributed by atoms with van der Waals surface area (Å²) in [5.41, 5.74) is 5.68. The molecule has 1 aromatic rings. The summed E-state index contributed by atoms with van der Waals surface area (Å²) in [6.45, 7) is 4.09. The third-order valence-corrected chi connectivity index (χ3v) is 3.39. The van der Waals surface area contributed by atoms with Crippen LogP contribution in [0, 0.1) is 0 Å². The molecular weight excluding hydrogens is 252 g/mol. The van der Waals surface area contributed by atoms with E-state index in [0.29, 0.717) is 11.6 Å². The topological polar surface area (TPSA) is 64.3 Å². The smallest absolute Gasteiger partial charge is 0.237 e. The van der Waals surface area contributed by atoms with Crippen molar-refractivity contribution in [2.24, 2.45) is 5.73 Å². The van der Waals surface area contributed by atoms with Crippen LogP contribution in [0.1, 0.15) is 19.4 Å². The third-order valence-electron chi connectivity index (χ3n) is 3.15. The zero-order valence-corrected chi connectivity index (χ0v) is 11.3. The SMILES string of the molecule is CC(C)(NCC1Cc2cc(Cl)ccc2O1)C(N)=O. The maximum absolute atomic E-state index is 11.2. The number of benzene rings is 1. The monoisotopic (exact) mass is 268 g/mol. The van der Waals surface area contributed by atoms with Gasteiger partial charge in [0.05, 0.1) is 5.54 Å². The Morgan fingerprint density at radius 3 is 3.00 bits per heavy atom. The summed E-state index contributed by atoms with van der Waals surface area (Å²) in [4.78, 5) is 11.2. The van der Waals surface area contributed by atoms with Crippen LogP contribution in [-0.2, 0) is 11.2 Å². The molecule has 0 saturated heterocycles. The summed E-state index contributed by atoms with van der Waals surface area (Å²) in [7, 11) is 0. The molecule has 0 spiro atoms. The van der Waals surface area contributed by atoms with Gasteiger partial charge in [0.1, 0.15) is 11.9 Å². The fourth-order valence-corrected chi connectivity index (χ4v) is 2.05. The normalized spacial score (nSPS) is 18.3. The lowest BCUT2D eigenvalue weighted by atomic mass is 10.0. The lowest BCUT2D eigenvalue weighted by molar-refractivity contribution is -0.123. The molecule has 2 rings (SSSR count). The predicted molar refractivity (Wildman–Crippen MR) is 70.8 cm³/mol. The number of carbonyl (C=O) groups is 1. The number of rotatable bonds is 4. The first-order valence-corrected chi connectivity index (χ1v) is 6.26. The first-order valence-electron chi connectivity index (χ1n) is 5.88. The number of hydrogen-bond acceptors (Lipinski definition) is 3. The second kappa shape index (κ2) is 4.78. The quantitative estimate of drug-likeness (QED) is 0.870. The number of amides is 1. The molecule has 1 unspecified atom stereocenters. The Kier molecular flexibility index (Phi) is 3.50. The molecule has 1 aliphatic rings. The van der Waals surface area contributed by atoms with Crippen LogP contribution in [0.5, 0.6) is 5.75 Å². The van der Waals surface area contributed by atoms with Gasteiger partial charge < -0.3 is 15.8 Å². The average Bonchev–Trinajstić information content (AvgIpc) is 2.68. The summed E-state index contributed by atoms with van der Waals surface area (Å²) in [5, 5.41) is 3.83. The van der Waals surface area contributed by atoms with Crippen LogP contribution in [0.4, 0.5) is 0 Å². The van der Waals surface area contributed by atoms with E-state index in [1.54, 1.807) is 13.8 Å². The highest BCUT2D eigenvalue weighted by Crippen LogP contribution is 2.30. The molecule has 4 nitrogen and oxygen atoms in total. The van der Waals surface area contributed by atoms with Gasteiger partial charge in [0.25, 0.3) is 0 Å². The molecule has 0 fully saturated rings. The third kappa shape index (κ3) is 2.76. The van der Waals surface area contributed by atoms with E-state index in [0.717, 1.165) is 17.7 Å². The number of ether oxygens (including phenoxy) is 1. The molecular formula is C13H17ClN2O2. The van der Waals surface area contributed by atoms with Crippen LogP contribution in [0.2, 0.25) is 5.02 Å². The van der Waals surface area contributed by atoms with Crippen LogP contribution in [-0.4, -0.2) is 24.1 Å². The first-order chi connectivity index (χ1) is 8.38. The Bertz CT molecular complexity index is 474. The average molecular weight is 269 g/mol. The number of nitrogens with two attached hydrogens (primary N) is 1. The molecule has 98 valence electrons. The summed E-state index contributed by atoms with van der Waals surface area (Å²) in [6.07, 6.45) is 0.801. The standard InChI is InChI=1S/C13H17ClN2O2/c1-13(2,12(15)17)16-7-10-6-8-5-9(14)3-4-11(8)18-10/h3-5,10,16H,6-7H2,1-2H3,(H2,15,17). The van der Waals surface area contributed by atoms with E-state index in [1.807, 2.05) is 18.2 Å². The zero-order valence-electron chi connectivity index (χ0n) is 10.5. The maximum Gasteiger partial charge on any atom is 0.237 e. The van der Waals surface area contributed by atoms with Crippen molar-refractivity contribution in [2.75, 3.05) is 6.54 Å². The highest BCUT2D eigenvalue weighted by Gasteiger charge is 2.28. The van der Waals surface area contributed by atoms with Crippen molar-refractivity contribution in [3.8, 4) is 5.75 Å². The van der Waals surface area contributed by atoms with E-state index in [4.69, 9.17) is 22.1 Å². The van der Waals surface area contributed by atoms with Crippen molar-refractivity contribution in [1.82, 2.24) is 5.32 Å². The van der Waals surface area contributed by atoms with Gasteiger partial charge in [-0.3, -0.25) is 4.79 Å². The van der Waals surface area contributed by atoms with E-state index in [2.05, 4.69) is 5.32 Å². The second-order valence-electron chi connectivity index (χ2n) is 5.07. The first kappa shape index (κ1) is 13.2. The van der Waals surface area contributed by atoms with Crippen molar-refractivity contribution < 1.29 is 9.53 Å². The van der Waals surface area contributed by atoms with Crippen LogP contribution in [0.3, 0.4) is 0 Å². The summed E-state index contributed by atoms with van der Waals surface area (Å²) in [6, 6.07) is 5.59. The highest BCUT2D eigenvalue weighted by atomic mass is 35.5. The van der Waals surface area contributed by atoms with Gasteiger partial charge in [-0.25, -0.2) is 0 Å². The molecule has 0 aliphatic carbocycles. The molecule has 0 saturated carbocycles. The minimum atomic E-state index is -0.726. The minimum absolute atomic E-state index is 0.0112. The van der Waals surface area contributed by atoms with Gasteiger partial charge in [-0.2, -0.15) is 0 Å². The Labute approximate surface area is 111 Å². The molecule has 1 atom stereocenters. The van der Waals surface area contributed by atoms with Gasteiger partial charge in [0.15, 0.2) is 0 Å². The Balaban J connectivity index is 1.94. The van der Waals surface area contributed by atoms with Crippen LogP contribution < -0.4 is 15.8 Å². The predicted octanol–water partition coefficient (Wildman–Crippen LogP) is 1.50. The maximum atomic E-state index is 11.2. The fraction of sp³-hybridized carbons (Fsp3) is 0.462. The zero-order chi connectivity index (χ0) is 13.3. The van der Waals surface area contributed by atoms with Gasteiger partial charge in [0, 0.05) is 18.0 Å². The Hall–Kier alpha value is -1.26. The van der Waals surface area contributed by atoms with E-state index >= 15 is 0 Å². The molecule has 0 aromatic heterocycles. The number of primary amides is 1. The van der Waals surface area contributed by atoms with Crippen molar-refractivity contribution >= 4 is 17.5 Å². The number of nitrogens with one attached hydrogen (secondary N) is 1. The van der Waals surface area contributed by atoms with Crippen LogP contribution in [0.15, 0.2) is 18.2 Å². The molecule has 0 radical (unpaired) electrons. The van der Waals surface area contributed by atoms with Crippen molar-refractivity contribution in [3.63, 3.8) is 0 Å². The molecule has 3 N–H and O–H groups in total. The Morgan fingerprint density at radius 1 is 1.61 bits per heavy atom. The van der Waals surface area contributed by atoms with E-state index in [1.165, 1.54) is 0 Å². The van der Waals surface area contributed by atoms with E-state index in [-0.39, 0.29) is 12.0 Å². The van der Waals surface area contributed by atoms with Crippen molar-refractivity contribution in [3.05, 3.63) is 28.8 Å². The number of halogens is 1. The van der Waals surface area contributed by atoms with Gasteiger partial charge >= 0.3 is 0 Å². The lowest BCUT2D eigenvalue weighted by Crippen LogP contribution is -2.53. The van der Waals surface area contributed by atoms with Crippen LogP contribution in [0.25, 0.3) is 0 Å². The van der Waals surface area contributed by atoms with Crippen molar-refractivity contribution in [1.29, 1.82) is 0 Å². The largest absolute Gasteiger partial charge is 0.488 e. The highest BCUT2D eigenvalue weighted by molar-refractivity contribution is 6.30. The van der Waals surface area contributed by atoms with Gasteiger partial charge in [-0.1, -0.05) is 11.6 Å². The number of fused-ring (bicyclic) bond motifs is 1. The number of hydrogen-bond donors (Lipinski definition) is 2. The van der Waals surface area contributed by atoms with Gasteiger partial charge in [-0.05, 0) is 37.6 Å². The molecule has 0 bridgehead atoms. The van der Waals surface area contributed by atoms with Crippen LogP contribution >= 0.6 is 11.6 Å². The van der Waals surface area contributed by atoms with E-state index in [9.17, 15) is 4.79 Å². The number of carbonyl (C=O) groups excluding carboxylic acids is 1. The fourth-order valence-electron chi connectivity index (χ4n) is 1.86. The van der Waals surface area contributed by atoms with Gasteiger partial charge in [-0.15, -0.1) is 0 Å². The van der Waals surface area contributed by atoms with E-state index < -0.39 is 5.54 Å². The molecule has 1 amide bonds. The van der Waals surface area contributed by atoms with Gasteiger partial charge in [0.2, 0.25) is 5.91 Å². The molecule has 18 heavy (non-hydrogen) atoms. The molecule has 1 aliphatic heterocycles. The summed E-state index contributed by atoms with van der Waals surface area (Å²) < 4.78 is 5.76.